The number of hydrogen-bond acceptors (Lipinski definition) is 4. The van der Waals surface area contributed by atoms with E-state index < -0.39 is 0 Å². The minimum atomic E-state index is -0.0848. The number of benzene rings is 3. The van der Waals surface area contributed by atoms with E-state index in [1.165, 1.54) is 0 Å². The van der Waals surface area contributed by atoms with Gasteiger partial charge in [-0.1, -0.05) is 72.8 Å². The zero-order chi connectivity index (χ0) is 29.6. The van der Waals surface area contributed by atoms with Crippen LogP contribution < -0.4 is 4.74 Å². The van der Waals surface area contributed by atoms with Crippen molar-refractivity contribution in [2.24, 2.45) is 0 Å². The second-order valence-electron chi connectivity index (χ2n) is 10.4. The standard InChI is InChI=1S/C35H41N3O4/c1-41-23-11-22-37(34(39)20-19-29-12-5-3-6-13-29)28-35(40)38(25-30-14-7-4-8-15-30)27-32-17-10-21-36(32)26-31-16-9-18-33(24-31)42-2/h3-10,12-18,21,24H,11,19-20,22-23,25-28H2,1-2H3. The molecule has 0 saturated carbocycles. The van der Waals surface area contributed by atoms with E-state index in [0.717, 1.165) is 28.1 Å². The Bertz CT molecular complexity index is 1390. The largest absolute Gasteiger partial charge is 0.497 e. The molecule has 1 heterocycles. The molecule has 0 unspecified atom stereocenters. The maximum Gasteiger partial charge on any atom is 0.242 e. The average Bonchev–Trinajstić information content (AvgIpc) is 3.46. The van der Waals surface area contributed by atoms with Gasteiger partial charge in [-0.05, 0) is 53.8 Å². The molecule has 7 heteroatoms. The van der Waals surface area contributed by atoms with Crippen molar-refractivity contribution >= 4 is 11.8 Å². The molecule has 3 aromatic carbocycles. The lowest BCUT2D eigenvalue weighted by Gasteiger charge is -2.28. The molecule has 0 atom stereocenters. The first-order valence-electron chi connectivity index (χ1n) is 14.4. The van der Waals surface area contributed by atoms with Crippen LogP contribution in [0.1, 0.15) is 35.2 Å². The molecule has 0 aliphatic rings. The van der Waals surface area contributed by atoms with Gasteiger partial charge in [-0.25, -0.2) is 0 Å². The van der Waals surface area contributed by atoms with Crippen molar-refractivity contribution < 1.29 is 19.1 Å². The summed E-state index contributed by atoms with van der Waals surface area (Å²) in [5.74, 6) is 0.704. The van der Waals surface area contributed by atoms with E-state index in [1.807, 2.05) is 102 Å². The Hall–Kier alpha value is -4.36. The molecule has 0 saturated heterocycles. The van der Waals surface area contributed by atoms with E-state index in [9.17, 15) is 9.59 Å². The summed E-state index contributed by atoms with van der Waals surface area (Å²) in [5.41, 5.74) is 4.28. The molecule has 220 valence electrons. The zero-order valence-electron chi connectivity index (χ0n) is 24.7. The summed E-state index contributed by atoms with van der Waals surface area (Å²) in [6.45, 7) is 2.57. The van der Waals surface area contributed by atoms with Gasteiger partial charge in [0.25, 0.3) is 0 Å². The van der Waals surface area contributed by atoms with Crippen LogP contribution in [0.4, 0.5) is 0 Å². The van der Waals surface area contributed by atoms with Crippen molar-refractivity contribution in [3.8, 4) is 5.75 Å². The van der Waals surface area contributed by atoms with Gasteiger partial charge < -0.3 is 23.8 Å². The smallest absolute Gasteiger partial charge is 0.242 e. The van der Waals surface area contributed by atoms with Crippen LogP contribution in [0.5, 0.6) is 5.75 Å². The monoisotopic (exact) mass is 567 g/mol. The molecule has 4 aromatic rings. The van der Waals surface area contributed by atoms with E-state index in [2.05, 4.69) is 10.6 Å². The van der Waals surface area contributed by atoms with E-state index in [1.54, 1.807) is 19.1 Å². The highest BCUT2D eigenvalue weighted by Gasteiger charge is 2.22. The fourth-order valence-corrected chi connectivity index (χ4v) is 4.96. The van der Waals surface area contributed by atoms with Gasteiger partial charge in [-0.2, -0.15) is 0 Å². The van der Waals surface area contributed by atoms with E-state index in [0.29, 0.717) is 52.0 Å². The molecule has 4 rings (SSSR count). The highest BCUT2D eigenvalue weighted by molar-refractivity contribution is 5.85. The van der Waals surface area contributed by atoms with Gasteiger partial charge in [0, 0.05) is 51.7 Å². The third-order valence-electron chi connectivity index (χ3n) is 7.26. The molecule has 2 amide bonds. The first-order chi connectivity index (χ1) is 20.6. The van der Waals surface area contributed by atoms with Gasteiger partial charge in [0.05, 0.1) is 20.2 Å². The molecule has 0 N–H and O–H groups in total. The van der Waals surface area contributed by atoms with Crippen LogP contribution in [0, 0.1) is 0 Å². The lowest BCUT2D eigenvalue weighted by Crippen LogP contribution is -2.43. The Kier molecular flexibility index (Phi) is 11.8. The van der Waals surface area contributed by atoms with Crippen LogP contribution in [-0.2, 0) is 40.4 Å². The quantitative estimate of drug-likeness (QED) is 0.166. The SMILES string of the molecule is COCCCN(CC(=O)N(Cc1ccccc1)Cc1cccn1Cc1cccc(OC)c1)C(=O)CCc1ccccc1. The maximum absolute atomic E-state index is 13.9. The Morgan fingerprint density at radius 1 is 0.738 bits per heavy atom. The lowest BCUT2D eigenvalue weighted by atomic mass is 10.1. The topological polar surface area (TPSA) is 64.0 Å². The summed E-state index contributed by atoms with van der Waals surface area (Å²) in [5, 5.41) is 0. The summed E-state index contributed by atoms with van der Waals surface area (Å²) in [6, 6.07) is 32.0. The van der Waals surface area contributed by atoms with Crippen molar-refractivity contribution in [1.29, 1.82) is 0 Å². The van der Waals surface area contributed by atoms with Gasteiger partial charge in [-0.15, -0.1) is 0 Å². The summed E-state index contributed by atoms with van der Waals surface area (Å²) in [7, 11) is 3.31. The Morgan fingerprint density at radius 2 is 1.45 bits per heavy atom. The van der Waals surface area contributed by atoms with Crippen LogP contribution in [0.3, 0.4) is 0 Å². The predicted molar refractivity (Wildman–Crippen MR) is 165 cm³/mol. The predicted octanol–water partition coefficient (Wildman–Crippen LogP) is 5.57. The molecule has 0 bridgehead atoms. The van der Waals surface area contributed by atoms with Crippen molar-refractivity contribution in [3.05, 3.63) is 126 Å². The number of carbonyl (C=O) groups is 2. The maximum atomic E-state index is 13.9. The molecule has 42 heavy (non-hydrogen) atoms. The molecule has 0 aliphatic heterocycles. The number of methoxy groups -OCH3 is 2. The van der Waals surface area contributed by atoms with E-state index in [-0.39, 0.29) is 18.4 Å². The minimum Gasteiger partial charge on any atom is -0.497 e. The molecule has 7 nitrogen and oxygen atoms in total. The van der Waals surface area contributed by atoms with Crippen LogP contribution in [-0.4, -0.2) is 60.1 Å². The van der Waals surface area contributed by atoms with E-state index >= 15 is 0 Å². The summed E-state index contributed by atoms with van der Waals surface area (Å²) >= 11 is 0. The molecule has 0 fully saturated rings. The van der Waals surface area contributed by atoms with Crippen molar-refractivity contribution in [2.75, 3.05) is 33.9 Å². The van der Waals surface area contributed by atoms with Gasteiger partial charge >= 0.3 is 0 Å². The molecular formula is C35H41N3O4. The number of aromatic nitrogens is 1. The van der Waals surface area contributed by atoms with Crippen molar-refractivity contribution in [2.45, 2.75) is 38.9 Å². The van der Waals surface area contributed by atoms with Crippen LogP contribution >= 0.6 is 0 Å². The number of rotatable bonds is 16. The Balaban J connectivity index is 1.50. The summed E-state index contributed by atoms with van der Waals surface area (Å²) < 4.78 is 12.8. The second-order valence-corrected chi connectivity index (χ2v) is 10.4. The fraction of sp³-hybridized carbons (Fsp3) is 0.314. The summed E-state index contributed by atoms with van der Waals surface area (Å²) in [6.07, 6.45) is 3.69. The number of carbonyl (C=O) groups excluding carboxylic acids is 2. The van der Waals surface area contributed by atoms with Gasteiger partial charge in [0.1, 0.15) is 5.75 Å². The number of amides is 2. The zero-order valence-corrected chi connectivity index (χ0v) is 24.7. The average molecular weight is 568 g/mol. The van der Waals surface area contributed by atoms with Gasteiger partial charge in [0.15, 0.2) is 0 Å². The van der Waals surface area contributed by atoms with E-state index in [4.69, 9.17) is 9.47 Å². The second kappa shape index (κ2) is 16.2. The number of aryl methyl sites for hydroxylation is 1. The number of ether oxygens (including phenoxy) is 2. The van der Waals surface area contributed by atoms with Gasteiger partial charge in [-0.3, -0.25) is 9.59 Å². The molecular weight excluding hydrogens is 526 g/mol. The van der Waals surface area contributed by atoms with Gasteiger partial charge in [0.2, 0.25) is 11.8 Å². The van der Waals surface area contributed by atoms with Crippen LogP contribution in [0.25, 0.3) is 0 Å². The highest BCUT2D eigenvalue weighted by atomic mass is 16.5. The Labute approximate surface area is 249 Å². The summed E-state index contributed by atoms with van der Waals surface area (Å²) in [4.78, 5) is 30.8. The van der Waals surface area contributed by atoms with Crippen molar-refractivity contribution in [3.63, 3.8) is 0 Å². The molecule has 0 radical (unpaired) electrons. The lowest BCUT2D eigenvalue weighted by molar-refractivity contribution is -0.141. The molecule has 1 aromatic heterocycles. The fourth-order valence-electron chi connectivity index (χ4n) is 4.96. The van der Waals surface area contributed by atoms with Crippen LogP contribution in [0.2, 0.25) is 0 Å². The normalized spacial score (nSPS) is 10.8. The third-order valence-corrected chi connectivity index (χ3v) is 7.26. The minimum absolute atomic E-state index is 0.0237. The number of nitrogens with zero attached hydrogens (tertiary/aromatic N) is 3. The highest BCUT2D eigenvalue weighted by Crippen LogP contribution is 2.17. The Morgan fingerprint density at radius 3 is 2.17 bits per heavy atom. The molecule has 0 spiro atoms. The number of hydrogen-bond donors (Lipinski definition) is 0. The van der Waals surface area contributed by atoms with Crippen LogP contribution in [0.15, 0.2) is 103 Å². The van der Waals surface area contributed by atoms with Crippen molar-refractivity contribution in [1.82, 2.24) is 14.4 Å². The first-order valence-corrected chi connectivity index (χ1v) is 14.4. The first kappa shape index (κ1) is 30.6. The third kappa shape index (κ3) is 9.35. The molecule has 0 aliphatic carbocycles.